The second-order valence-corrected chi connectivity index (χ2v) is 7.34. The van der Waals surface area contributed by atoms with Gasteiger partial charge in [-0.25, -0.2) is 4.99 Å². The van der Waals surface area contributed by atoms with Crippen LogP contribution in [0.15, 0.2) is 27.5 Å². The van der Waals surface area contributed by atoms with Crippen LogP contribution < -0.4 is 5.32 Å². The fraction of sp³-hybridized carbons (Fsp3) is 0.333. The van der Waals surface area contributed by atoms with Crippen molar-refractivity contribution >= 4 is 46.2 Å². The van der Waals surface area contributed by atoms with E-state index in [9.17, 15) is 4.79 Å². The van der Waals surface area contributed by atoms with Gasteiger partial charge in [-0.2, -0.15) is 0 Å². The Morgan fingerprint density at radius 1 is 1.35 bits per heavy atom. The number of anilines is 1. The maximum absolute atomic E-state index is 12.1. The average molecular weight is 349 g/mol. The number of nitrogens with zero attached hydrogens (tertiary/aromatic N) is 4. The van der Waals surface area contributed by atoms with Crippen molar-refractivity contribution in [3.63, 3.8) is 0 Å². The molecule has 0 atom stereocenters. The maximum Gasteiger partial charge on any atom is 0.234 e. The summed E-state index contributed by atoms with van der Waals surface area (Å²) < 4.78 is 0.729. The fourth-order valence-corrected chi connectivity index (χ4v) is 3.27. The molecule has 1 amide bonds. The van der Waals surface area contributed by atoms with Gasteiger partial charge in [-0.15, -0.1) is 10.2 Å². The lowest BCUT2D eigenvalue weighted by molar-refractivity contribution is -0.113. The number of aliphatic imine (C=N–C) groups is 1. The van der Waals surface area contributed by atoms with Gasteiger partial charge in [0.2, 0.25) is 11.0 Å². The van der Waals surface area contributed by atoms with Crippen LogP contribution in [0.25, 0.3) is 0 Å². The molecule has 0 aliphatic heterocycles. The monoisotopic (exact) mass is 349 g/mol. The van der Waals surface area contributed by atoms with Crippen LogP contribution in [0, 0.1) is 13.8 Å². The number of benzene rings is 1. The molecule has 122 valence electrons. The van der Waals surface area contributed by atoms with E-state index in [0.717, 1.165) is 21.2 Å². The van der Waals surface area contributed by atoms with Crippen molar-refractivity contribution in [1.82, 2.24) is 15.1 Å². The number of amides is 1. The summed E-state index contributed by atoms with van der Waals surface area (Å²) in [5.41, 5.74) is 2.99. The van der Waals surface area contributed by atoms with E-state index in [4.69, 9.17) is 0 Å². The Labute approximate surface area is 144 Å². The molecule has 0 saturated carbocycles. The number of nitrogens with one attached hydrogen (secondary N) is 1. The maximum atomic E-state index is 12.1. The lowest BCUT2D eigenvalue weighted by Crippen LogP contribution is -2.15. The van der Waals surface area contributed by atoms with Crippen LogP contribution in [0.4, 0.5) is 10.8 Å². The summed E-state index contributed by atoms with van der Waals surface area (Å²) >= 11 is 2.73. The summed E-state index contributed by atoms with van der Waals surface area (Å²) in [7, 11) is 3.77. The van der Waals surface area contributed by atoms with E-state index in [1.165, 1.54) is 23.1 Å². The van der Waals surface area contributed by atoms with E-state index in [1.807, 2.05) is 51.0 Å². The van der Waals surface area contributed by atoms with Gasteiger partial charge in [0.25, 0.3) is 0 Å². The third-order valence-corrected chi connectivity index (χ3v) is 4.83. The molecule has 1 aromatic heterocycles. The Morgan fingerprint density at radius 3 is 2.70 bits per heavy atom. The van der Waals surface area contributed by atoms with Crippen molar-refractivity contribution in [3.05, 3.63) is 29.3 Å². The first-order valence-electron chi connectivity index (χ1n) is 6.98. The number of aryl methyl sites for hydroxylation is 2. The molecule has 8 heteroatoms. The van der Waals surface area contributed by atoms with Gasteiger partial charge < -0.3 is 10.2 Å². The fourth-order valence-electron chi connectivity index (χ4n) is 1.79. The third-order valence-electron chi connectivity index (χ3n) is 2.87. The van der Waals surface area contributed by atoms with Crippen LogP contribution in [0.1, 0.15) is 11.1 Å². The molecule has 0 aliphatic carbocycles. The van der Waals surface area contributed by atoms with Crippen molar-refractivity contribution in [2.24, 2.45) is 4.99 Å². The predicted octanol–water partition coefficient (Wildman–Crippen LogP) is 3.11. The SMILES string of the molecule is Cc1cccc(C)c1NC(=O)CSc1nnc(N=CN(C)C)s1. The first-order chi connectivity index (χ1) is 11.0. The summed E-state index contributed by atoms with van der Waals surface area (Å²) in [6.45, 7) is 3.96. The number of hydrogen-bond donors (Lipinski definition) is 1. The summed E-state index contributed by atoms with van der Waals surface area (Å²) in [6.07, 6.45) is 1.67. The van der Waals surface area contributed by atoms with Crippen molar-refractivity contribution in [3.8, 4) is 0 Å². The lowest BCUT2D eigenvalue weighted by atomic mass is 10.1. The minimum absolute atomic E-state index is 0.0547. The Hall–Kier alpha value is -1.93. The van der Waals surface area contributed by atoms with Crippen LogP contribution in [-0.2, 0) is 4.79 Å². The van der Waals surface area contributed by atoms with Crippen LogP contribution in [0.3, 0.4) is 0 Å². The van der Waals surface area contributed by atoms with Crippen molar-refractivity contribution in [2.45, 2.75) is 18.2 Å². The summed E-state index contributed by atoms with van der Waals surface area (Å²) in [5.74, 6) is 0.237. The molecule has 0 spiro atoms. The first kappa shape index (κ1) is 17.4. The standard InChI is InChI=1S/C15H19N5OS2/c1-10-6-5-7-11(2)13(10)17-12(21)8-22-15-19-18-14(23-15)16-9-20(3)4/h5-7,9H,8H2,1-4H3,(H,17,21). The first-order valence-corrected chi connectivity index (χ1v) is 8.79. The van der Waals surface area contributed by atoms with Crippen LogP contribution in [0.5, 0.6) is 0 Å². The van der Waals surface area contributed by atoms with E-state index < -0.39 is 0 Å². The highest BCUT2D eigenvalue weighted by Crippen LogP contribution is 2.27. The molecule has 2 aromatic rings. The lowest BCUT2D eigenvalue weighted by Gasteiger charge is -2.10. The van der Waals surface area contributed by atoms with E-state index in [0.29, 0.717) is 10.9 Å². The number of para-hydroxylation sites is 1. The zero-order valence-corrected chi connectivity index (χ0v) is 15.2. The minimum atomic E-state index is -0.0547. The van der Waals surface area contributed by atoms with E-state index in [-0.39, 0.29) is 5.91 Å². The zero-order valence-electron chi connectivity index (χ0n) is 13.5. The second-order valence-electron chi connectivity index (χ2n) is 5.16. The molecule has 2 rings (SSSR count). The molecular weight excluding hydrogens is 330 g/mol. The molecule has 0 radical (unpaired) electrons. The van der Waals surface area contributed by atoms with E-state index >= 15 is 0 Å². The molecule has 0 bridgehead atoms. The highest BCUT2D eigenvalue weighted by molar-refractivity contribution is 8.01. The Morgan fingerprint density at radius 2 is 2.04 bits per heavy atom. The largest absolute Gasteiger partial charge is 0.369 e. The molecule has 23 heavy (non-hydrogen) atoms. The second kappa shape index (κ2) is 8.07. The molecule has 6 nitrogen and oxygen atoms in total. The quantitative estimate of drug-likeness (QED) is 0.493. The molecule has 1 heterocycles. The smallest absolute Gasteiger partial charge is 0.234 e. The van der Waals surface area contributed by atoms with Gasteiger partial charge in [-0.05, 0) is 25.0 Å². The molecule has 0 aliphatic rings. The predicted molar refractivity (Wildman–Crippen MR) is 97.0 cm³/mol. The molecule has 0 saturated heterocycles. The zero-order chi connectivity index (χ0) is 16.8. The third kappa shape index (κ3) is 5.33. The Bertz CT molecular complexity index is 691. The van der Waals surface area contributed by atoms with Gasteiger partial charge in [0.05, 0.1) is 12.1 Å². The molecule has 1 N–H and O–H groups in total. The summed E-state index contributed by atoms with van der Waals surface area (Å²) in [5, 5.41) is 11.5. The Kier molecular flexibility index (Phi) is 6.12. The van der Waals surface area contributed by atoms with E-state index in [2.05, 4.69) is 20.5 Å². The van der Waals surface area contributed by atoms with Crippen LogP contribution >= 0.6 is 23.1 Å². The molecular formula is C15H19N5OS2. The van der Waals surface area contributed by atoms with Crippen molar-refractivity contribution in [1.29, 1.82) is 0 Å². The van der Waals surface area contributed by atoms with Gasteiger partial charge in [-0.1, -0.05) is 41.3 Å². The highest BCUT2D eigenvalue weighted by atomic mass is 32.2. The number of hydrogen-bond acceptors (Lipinski definition) is 6. The number of carbonyl (C=O) groups excluding carboxylic acids is 1. The van der Waals surface area contributed by atoms with Crippen LogP contribution in [0.2, 0.25) is 0 Å². The number of rotatable bonds is 6. The summed E-state index contributed by atoms with van der Waals surface area (Å²) in [4.78, 5) is 18.1. The van der Waals surface area contributed by atoms with Crippen LogP contribution in [-0.4, -0.2) is 47.2 Å². The van der Waals surface area contributed by atoms with Gasteiger partial charge >= 0.3 is 0 Å². The van der Waals surface area contributed by atoms with Crippen molar-refractivity contribution in [2.75, 3.05) is 25.2 Å². The van der Waals surface area contributed by atoms with Gasteiger partial charge in [-0.3, -0.25) is 4.79 Å². The Balaban J connectivity index is 1.90. The van der Waals surface area contributed by atoms with Gasteiger partial charge in [0.1, 0.15) is 0 Å². The van der Waals surface area contributed by atoms with E-state index in [1.54, 1.807) is 6.34 Å². The van der Waals surface area contributed by atoms with Gasteiger partial charge in [0, 0.05) is 19.8 Å². The number of thioether (sulfide) groups is 1. The highest BCUT2D eigenvalue weighted by Gasteiger charge is 2.10. The topological polar surface area (TPSA) is 70.5 Å². The molecule has 0 fully saturated rings. The normalized spacial score (nSPS) is 11.0. The molecule has 1 aromatic carbocycles. The van der Waals surface area contributed by atoms with Gasteiger partial charge in [0.15, 0.2) is 4.34 Å². The number of carbonyl (C=O) groups is 1. The minimum Gasteiger partial charge on any atom is -0.369 e. The number of aromatic nitrogens is 2. The average Bonchev–Trinajstić information content (AvgIpc) is 2.95. The van der Waals surface area contributed by atoms with Crippen molar-refractivity contribution < 1.29 is 4.79 Å². The summed E-state index contributed by atoms with van der Waals surface area (Å²) in [6, 6.07) is 5.94. The molecule has 0 unspecified atom stereocenters.